The number of halogens is 3. The second-order valence-corrected chi connectivity index (χ2v) is 8.22. The molecule has 178 valence electrons. The summed E-state index contributed by atoms with van der Waals surface area (Å²) in [6.45, 7) is 4.02. The van der Waals surface area contributed by atoms with Gasteiger partial charge in [-0.3, -0.25) is 14.7 Å². The molecule has 0 aliphatic carbocycles. The molecule has 1 fully saturated rings. The third-order valence-corrected chi connectivity index (χ3v) is 6.16. The number of aromatic amines is 1. The first-order chi connectivity index (χ1) is 16.3. The molecular formula is C23H23F3N6O2. The summed E-state index contributed by atoms with van der Waals surface area (Å²) >= 11 is 0. The summed E-state index contributed by atoms with van der Waals surface area (Å²) in [7, 11) is 1.56. The van der Waals surface area contributed by atoms with Crippen molar-refractivity contribution in [2.24, 2.45) is 0 Å². The van der Waals surface area contributed by atoms with Crippen molar-refractivity contribution in [1.29, 1.82) is 0 Å². The molecule has 1 aromatic carbocycles. The van der Waals surface area contributed by atoms with Crippen LogP contribution < -0.4 is 15.2 Å². The number of benzene rings is 1. The minimum absolute atomic E-state index is 0.0957. The number of hydrogen-bond donors (Lipinski definition) is 1. The van der Waals surface area contributed by atoms with Crippen LogP contribution in [-0.2, 0) is 12.7 Å². The Morgan fingerprint density at radius 2 is 1.79 bits per heavy atom. The van der Waals surface area contributed by atoms with E-state index in [1.54, 1.807) is 23.9 Å². The van der Waals surface area contributed by atoms with Crippen LogP contribution in [0, 0.1) is 0 Å². The molecule has 1 saturated heterocycles. The average Bonchev–Trinajstić information content (AvgIpc) is 3.26. The van der Waals surface area contributed by atoms with E-state index >= 15 is 0 Å². The van der Waals surface area contributed by atoms with Gasteiger partial charge in [0.2, 0.25) is 5.95 Å². The van der Waals surface area contributed by atoms with Crippen molar-refractivity contribution in [3.63, 3.8) is 0 Å². The number of methoxy groups -OCH3 is 1. The topological polar surface area (TPSA) is 79.3 Å². The Morgan fingerprint density at radius 3 is 2.53 bits per heavy atom. The van der Waals surface area contributed by atoms with Crippen LogP contribution in [0.4, 0.5) is 19.1 Å². The van der Waals surface area contributed by atoms with E-state index in [9.17, 15) is 18.0 Å². The first-order valence-electron chi connectivity index (χ1n) is 10.9. The van der Waals surface area contributed by atoms with Gasteiger partial charge >= 0.3 is 6.18 Å². The number of piperazine rings is 1. The van der Waals surface area contributed by atoms with Crippen molar-refractivity contribution < 1.29 is 17.9 Å². The van der Waals surface area contributed by atoms with Crippen LogP contribution in [0.1, 0.15) is 5.56 Å². The zero-order valence-corrected chi connectivity index (χ0v) is 18.5. The lowest BCUT2D eigenvalue weighted by molar-refractivity contribution is -0.137. The number of alkyl halides is 3. The number of nitrogens with one attached hydrogen (secondary N) is 1. The molecule has 8 nitrogen and oxygen atoms in total. The van der Waals surface area contributed by atoms with Crippen molar-refractivity contribution in [2.45, 2.75) is 12.7 Å². The van der Waals surface area contributed by atoms with E-state index in [-0.39, 0.29) is 5.56 Å². The molecule has 4 heterocycles. The number of anilines is 1. The quantitative estimate of drug-likeness (QED) is 0.481. The molecule has 0 atom stereocenters. The van der Waals surface area contributed by atoms with E-state index in [2.05, 4.69) is 19.9 Å². The molecule has 1 aliphatic heterocycles. The van der Waals surface area contributed by atoms with Crippen molar-refractivity contribution in [3.05, 3.63) is 58.5 Å². The molecule has 5 rings (SSSR count). The molecular weight excluding hydrogens is 449 g/mol. The number of H-pyrrole nitrogens is 1. The van der Waals surface area contributed by atoms with Gasteiger partial charge in [-0.15, -0.1) is 0 Å². The SMILES string of the molecule is COc1cnc2ccc(=O)n(CCN3CCN(c4nc5ccc(C(F)(F)F)cc5[nH]4)CC3)c2c1. The van der Waals surface area contributed by atoms with Crippen LogP contribution in [0.5, 0.6) is 5.75 Å². The van der Waals surface area contributed by atoms with Crippen LogP contribution in [0.15, 0.2) is 47.4 Å². The third kappa shape index (κ3) is 4.30. The number of pyridine rings is 2. The highest BCUT2D eigenvalue weighted by Crippen LogP contribution is 2.31. The summed E-state index contributed by atoms with van der Waals surface area (Å²) in [6.07, 6.45) is -2.77. The summed E-state index contributed by atoms with van der Waals surface area (Å²) in [5.41, 5.74) is 1.53. The van der Waals surface area contributed by atoms with Crippen molar-refractivity contribution in [3.8, 4) is 5.75 Å². The fraction of sp³-hybridized carbons (Fsp3) is 0.348. The van der Waals surface area contributed by atoms with Crippen LogP contribution in [0.25, 0.3) is 22.1 Å². The van der Waals surface area contributed by atoms with Gasteiger partial charge in [0, 0.05) is 51.4 Å². The molecule has 3 aromatic heterocycles. The lowest BCUT2D eigenvalue weighted by Gasteiger charge is -2.34. The van der Waals surface area contributed by atoms with Crippen LogP contribution >= 0.6 is 0 Å². The minimum Gasteiger partial charge on any atom is -0.495 e. The fourth-order valence-electron chi connectivity index (χ4n) is 4.24. The lowest BCUT2D eigenvalue weighted by atomic mass is 10.2. The molecule has 0 amide bonds. The Hall–Kier alpha value is -3.60. The van der Waals surface area contributed by atoms with Gasteiger partial charge in [0.05, 0.1) is 40.9 Å². The second-order valence-electron chi connectivity index (χ2n) is 8.22. The number of imidazole rings is 1. The van der Waals surface area contributed by atoms with Gasteiger partial charge in [0.25, 0.3) is 5.56 Å². The maximum Gasteiger partial charge on any atom is 0.416 e. The Morgan fingerprint density at radius 1 is 1.03 bits per heavy atom. The monoisotopic (exact) mass is 472 g/mol. The van der Waals surface area contributed by atoms with Crippen LogP contribution in [-0.4, -0.2) is 64.3 Å². The number of ether oxygens (including phenoxy) is 1. The second kappa shape index (κ2) is 8.64. The molecule has 4 aromatic rings. The normalized spacial score (nSPS) is 15.4. The molecule has 0 unspecified atom stereocenters. The van der Waals surface area contributed by atoms with E-state index in [0.29, 0.717) is 48.9 Å². The van der Waals surface area contributed by atoms with Crippen molar-refractivity contribution >= 4 is 28.0 Å². The summed E-state index contributed by atoms with van der Waals surface area (Å²) in [5, 5.41) is 0. The van der Waals surface area contributed by atoms with Gasteiger partial charge in [-0.25, -0.2) is 4.98 Å². The van der Waals surface area contributed by atoms with E-state index in [1.165, 1.54) is 12.1 Å². The molecule has 11 heteroatoms. The van der Waals surface area contributed by atoms with E-state index in [1.807, 2.05) is 11.0 Å². The summed E-state index contributed by atoms with van der Waals surface area (Å²) in [4.78, 5) is 28.6. The van der Waals surface area contributed by atoms with Crippen molar-refractivity contribution in [2.75, 3.05) is 44.7 Å². The number of rotatable bonds is 5. The van der Waals surface area contributed by atoms with Gasteiger partial charge in [0.1, 0.15) is 5.75 Å². The summed E-state index contributed by atoms with van der Waals surface area (Å²) in [5.74, 6) is 1.16. The van der Waals surface area contributed by atoms with Gasteiger partial charge in [0.15, 0.2) is 0 Å². The van der Waals surface area contributed by atoms with E-state index < -0.39 is 11.7 Å². The van der Waals surface area contributed by atoms with E-state index in [0.717, 1.165) is 36.3 Å². The predicted octanol–water partition coefficient (Wildman–Crippen LogP) is 3.12. The highest BCUT2D eigenvalue weighted by Gasteiger charge is 2.31. The van der Waals surface area contributed by atoms with Crippen molar-refractivity contribution in [1.82, 2.24) is 24.4 Å². The maximum absolute atomic E-state index is 13.0. The molecule has 0 radical (unpaired) electrons. The van der Waals surface area contributed by atoms with E-state index in [4.69, 9.17) is 4.74 Å². The largest absolute Gasteiger partial charge is 0.495 e. The van der Waals surface area contributed by atoms with Gasteiger partial charge in [-0.1, -0.05) is 0 Å². The van der Waals surface area contributed by atoms with Gasteiger partial charge in [-0.05, 0) is 24.3 Å². The number of fused-ring (bicyclic) bond motifs is 2. The first kappa shape index (κ1) is 22.2. The first-order valence-corrected chi connectivity index (χ1v) is 10.9. The molecule has 34 heavy (non-hydrogen) atoms. The Labute approximate surface area is 192 Å². The van der Waals surface area contributed by atoms with Gasteiger partial charge < -0.3 is 19.2 Å². The molecule has 0 spiro atoms. The maximum atomic E-state index is 13.0. The zero-order valence-electron chi connectivity index (χ0n) is 18.5. The Balaban J connectivity index is 1.25. The number of hydrogen-bond acceptors (Lipinski definition) is 6. The van der Waals surface area contributed by atoms with Crippen LogP contribution in [0.3, 0.4) is 0 Å². The number of nitrogens with zero attached hydrogens (tertiary/aromatic N) is 5. The smallest absolute Gasteiger partial charge is 0.416 e. The lowest BCUT2D eigenvalue weighted by Crippen LogP contribution is -2.48. The standard InChI is InChI=1S/C23H23F3N6O2/c1-34-16-13-20-18(27-14-16)4-5-21(33)32(20)11-8-30-6-9-31(10-7-30)22-28-17-3-2-15(23(24,25)26)12-19(17)29-22/h2-5,12-14H,6-11H2,1H3,(H,28,29). The molecule has 0 bridgehead atoms. The van der Waals surface area contributed by atoms with Gasteiger partial charge in [-0.2, -0.15) is 13.2 Å². The Kier molecular flexibility index (Phi) is 5.64. The zero-order chi connectivity index (χ0) is 23.9. The van der Waals surface area contributed by atoms with Crippen LogP contribution in [0.2, 0.25) is 0 Å². The third-order valence-electron chi connectivity index (χ3n) is 6.16. The average molecular weight is 472 g/mol. The number of aromatic nitrogens is 4. The fourth-order valence-corrected chi connectivity index (χ4v) is 4.24. The molecule has 1 N–H and O–H groups in total. The Bertz CT molecular complexity index is 1390. The highest BCUT2D eigenvalue weighted by atomic mass is 19.4. The highest BCUT2D eigenvalue weighted by molar-refractivity contribution is 5.78. The minimum atomic E-state index is -4.39. The summed E-state index contributed by atoms with van der Waals surface area (Å²) < 4.78 is 45.9. The molecule has 1 aliphatic rings. The molecule has 0 saturated carbocycles. The predicted molar refractivity (Wildman–Crippen MR) is 122 cm³/mol. The summed E-state index contributed by atoms with van der Waals surface area (Å²) in [6, 6.07) is 8.57.